The fourth-order valence-electron chi connectivity index (χ4n) is 1.91. The number of hydrogen-bond acceptors (Lipinski definition) is 4. The Morgan fingerprint density at radius 2 is 2.04 bits per heavy atom. The van der Waals surface area contributed by atoms with Crippen LogP contribution >= 0.6 is 0 Å². The van der Waals surface area contributed by atoms with E-state index in [1.54, 1.807) is 17.0 Å². The van der Waals surface area contributed by atoms with Gasteiger partial charge in [0.15, 0.2) is 0 Å². The van der Waals surface area contributed by atoms with Gasteiger partial charge < -0.3 is 9.47 Å². The molecule has 5 heteroatoms. The summed E-state index contributed by atoms with van der Waals surface area (Å²) in [6.45, 7) is 3.53. The van der Waals surface area contributed by atoms with Gasteiger partial charge in [-0.25, -0.2) is 9.48 Å². The van der Waals surface area contributed by atoms with Gasteiger partial charge in [0.1, 0.15) is 6.61 Å². The Morgan fingerprint density at radius 1 is 1.22 bits per heavy atom. The van der Waals surface area contributed by atoms with E-state index in [1.165, 1.54) is 6.08 Å². The number of carbonyl (C=O) groups is 1. The highest BCUT2D eigenvalue weighted by molar-refractivity contribution is 5.86. The summed E-state index contributed by atoms with van der Waals surface area (Å²) in [7, 11) is 0. The van der Waals surface area contributed by atoms with E-state index in [1.807, 2.05) is 36.5 Å². The minimum Gasteiger partial charge on any atom is -0.460 e. The molecular weight excluding hydrogens is 292 g/mol. The van der Waals surface area contributed by atoms with Gasteiger partial charge in [-0.2, -0.15) is 5.10 Å². The van der Waals surface area contributed by atoms with Crippen molar-refractivity contribution in [2.24, 2.45) is 0 Å². The molecule has 0 aliphatic carbocycles. The lowest BCUT2D eigenvalue weighted by atomic mass is 10.3. The summed E-state index contributed by atoms with van der Waals surface area (Å²) < 4.78 is 12.1. The first-order chi connectivity index (χ1) is 11.3. The Labute approximate surface area is 136 Å². The van der Waals surface area contributed by atoms with Gasteiger partial charge in [0, 0.05) is 24.4 Å². The van der Waals surface area contributed by atoms with Crippen LogP contribution in [0, 0.1) is 0 Å². The van der Waals surface area contributed by atoms with Crippen LogP contribution in [0.25, 0.3) is 11.8 Å². The number of aromatic nitrogens is 2. The molecule has 0 saturated heterocycles. The molecule has 23 heavy (non-hydrogen) atoms. The van der Waals surface area contributed by atoms with Gasteiger partial charge in [-0.3, -0.25) is 0 Å². The van der Waals surface area contributed by atoms with Gasteiger partial charge in [-0.15, -0.1) is 0 Å². The Hall–Kier alpha value is -2.40. The number of hydrogen-bond donors (Lipinski definition) is 0. The highest BCUT2D eigenvalue weighted by atomic mass is 16.6. The van der Waals surface area contributed by atoms with E-state index in [9.17, 15) is 4.79 Å². The molecule has 2 aromatic rings. The third-order valence-electron chi connectivity index (χ3n) is 3.15. The van der Waals surface area contributed by atoms with Crippen LogP contribution in [0.3, 0.4) is 0 Å². The largest absolute Gasteiger partial charge is 0.460 e. The number of unbranched alkanes of at least 4 members (excludes halogenated alkanes) is 1. The van der Waals surface area contributed by atoms with Crippen LogP contribution in [-0.4, -0.2) is 35.6 Å². The van der Waals surface area contributed by atoms with Crippen LogP contribution in [0.4, 0.5) is 0 Å². The average molecular weight is 314 g/mol. The number of para-hydroxylation sites is 1. The van der Waals surface area contributed by atoms with Crippen LogP contribution < -0.4 is 0 Å². The lowest BCUT2D eigenvalue weighted by Crippen LogP contribution is -2.08. The van der Waals surface area contributed by atoms with Gasteiger partial charge in [-0.1, -0.05) is 31.5 Å². The summed E-state index contributed by atoms with van der Waals surface area (Å²) in [6, 6.07) is 9.79. The quantitative estimate of drug-likeness (QED) is 0.405. The van der Waals surface area contributed by atoms with E-state index in [2.05, 4.69) is 12.0 Å². The number of nitrogens with zero attached hydrogens (tertiary/aromatic N) is 2. The van der Waals surface area contributed by atoms with Crippen molar-refractivity contribution in [1.82, 2.24) is 9.78 Å². The van der Waals surface area contributed by atoms with Crippen LogP contribution in [0.1, 0.15) is 25.3 Å². The van der Waals surface area contributed by atoms with Gasteiger partial charge in [0.05, 0.1) is 18.5 Å². The van der Waals surface area contributed by atoms with Crippen LogP contribution in [0.15, 0.2) is 48.8 Å². The van der Waals surface area contributed by atoms with Crippen LogP contribution in [0.2, 0.25) is 0 Å². The highest BCUT2D eigenvalue weighted by Gasteiger charge is 2.00. The van der Waals surface area contributed by atoms with Crippen molar-refractivity contribution in [2.45, 2.75) is 19.8 Å². The normalized spacial score (nSPS) is 11.0. The van der Waals surface area contributed by atoms with Crippen molar-refractivity contribution in [3.8, 4) is 5.69 Å². The number of ether oxygens (including phenoxy) is 2. The maximum Gasteiger partial charge on any atom is 0.330 e. The van der Waals surface area contributed by atoms with E-state index in [0.717, 1.165) is 24.1 Å². The molecule has 0 saturated carbocycles. The van der Waals surface area contributed by atoms with Crippen molar-refractivity contribution in [3.05, 3.63) is 54.4 Å². The monoisotopic (exact) mass is 314 g/mol. The van der Waals surface area contributed by atoms with E-state index in [-0.39, 0.29) is 12.6 Å². The predicted octanol–water partition coefficient (Wildman–Crippen LogP) is 3.25. The molecule has 0 fully saturated rings. The Balaban J connectivity index is 1.75. The molecule has 0 aliphatic rings. The molecule has 0 bridgehead atoms. The fraction of sp³-hybridized carbons (Fsp3) is 0.333. The average Bonchev–Trinajstić information content (AvgIpc) is 3.06. The minimum absolute atomic E-state index is 0.274. The number of carbonyl (C=O) groups excluding carboxylic acids is 1. The van der Waals surface area contributed by atoms with E-state index in [4.69, 9.17) is 9.47 Å². The zero-order chi connectivity index (χ0) is 16.3. The Kier molecular flexibility index (Phi) is 7.07. The molecule has 1 heterocycles. The smallest absolute Gasteiger partial charge is 0.330 e. The van der Waals surface area contributed by atoms with Crippen molar-refractivity contribution in [3.63, 3.8) is 0 Å². The summed E-state index contributed by atoms with van der Waals surface area (Å²) in [6.07, 6.45) is 8.77. The summed E-state index contributed by atoms with van der Waals surface area (Å²) in [5, 5.41) is 4.26. The number of rotatable bonds is 9. The summed E-state index contributed by atoms with van der Waals surface area (Å²) in [5.74, 6) is -0.378. The van der Waals surface area contributed by atoms with Crippen LogP contribution in [0.5, 0.6) is 0 Å². The predicted molar refractivity (Wildman–Crippen MR) is 89.3 cm³/mol. The van der Waals surface area contributed by atoms with Crippen molar-refractivity contribution >= 4 is 12.0 Å². The number of benzene rings is 1. The second-order valence-electron chi connectivity index (χ2n) is 5.02. The molecule has 2 rings (SSSR count). The first-order valence-corrected chi connectivity index (χ1v) is 7.82. The SMILES string of the molecule is CCCCOCCOC(=O)C=Cc1cnn(-c2ccccc2)c1. The maximum absolute atomic E-state index is 11.6. The molecule has 0 N–H and O–H groups in total. The van der Waals surface area contributed by atoms with E-state index >= 15 is 0 Å². The lowest BCUT2D eigenvalue weighted by molar-refractivity contribution is -0.139. The second kappa shape index (κ2) is 9.58. The maximum atomic E-state index is 11.6. The molecule has 0 aliphatic heterocycles. The minimum atomic E-state index is -0.378. The molecule has 0 unspecified atom stereocenters. The highest BCUT2D eigenvalue weighted by Crippen LogP contribution is 2.08. The third kappa shape index (κ3) is 6.08. The molecule has 0 amide bonds. The molecule has 5 nitrogen and oxygen atoms in total. The topological polar surface area (TPSA) is 53.4 Å². The fourth-order valence-corrected chi connectivity index (χ4v) is 1.91. The van der Waals surface area contributed by atoms with Gasteiger partial charge in [0.2, 0.25) is 0 Å². The standard InChI is InChI=1S/C18H22N2O3/c1-2-3-11-22-12-13-23-18(21)10-9-16-14-19-20(15-16)17-7-5-4-6-8-17/h4-10,14-15H,2-3,11-13H2,1H3. The number of esters is 1. The Bertz CT molecular complexity index is 620. The molecule has 0 atom stereocenters. The first-order valence-electron chi connectivity index (χ1n) is 7.82. The molecular formula is C18H22N2O3. The Morgan fingerprint density at radius 3 is 2.83 bits per heavy atom. The third-order valence-corrected chi connectivity index (χ3v) is 3.15. The second-order valence-corrected chi connectivity index (χ2v) is 5.02. The molecule has 0 radical (unpaired) electrons. The van der Waals surface area contributed by atoms with Gasteiger partial charge in [0.25, 0.3) is 0 Å². The summed E-state index contributed by atoms with van der Waals surface area (Å²) in [5.41, 5.74) is 1.81. The zero-order valence-corrected chi connectivity index (χ0v) is 13.4. The van der Waals surface area contributed by atoms with Crippen molar-refractivity contribution in [1.29, 1.82) is 0 Å². The zero-order valence-electron chi connectivity index (χ0n) is 13.4. The van der Waals surface area contributed by atoms with E-state index < -0.39 is 0 Å². The lowest BCUT2D eigenvalue weighted by Gasteiger charge is -2.03. The van der Waals surface area contributed by atoms with Gasteiger partial charge >= 0.3 is 5.97 Å². The van der Waals surface area contributed by atoms with Crippen molar-refractivity contribution < 1.29 is 14.3 Å². The first kappa shape index (κ1) is 17.0. The van der Waals surface area contributed by atoms with Crippen molar-refractivity contribution in [2.75, 3.05) is 19.8 Å². The van der Waals surface area contributed by atoms with E-state index in [0.29, 0.717) is 13.2 Å². The molecule has 122 valence electrons. The molecule has 0 spiro atoms. The van der Waals surface area contributed by atoms with Gasteiger partial charge in [-0.05, 0) is 24.6 Å². The van der Waals surface area contributed by atoms with Crippen LogP contribution in [-0.2, 0) is 14.3 Å². The summed E-state index contributed by atoms with van der Waals surface area (Å²) >= 11 is 0. The molecule has 1 aromatic carbocycles. The summed E-state index contributed by atoms with van der Waals surface area (Å²) in [4.78, 5) is 11.6. The molecule has 1 aromatic heterocycles.